The molecule has 1 amide bonds. The van der Waals surface area contributed by atoms with Crippen molar-refractivity contribution in [2.75, 3.05) is 5.32 Å². The maximum atomic E-state index is 13.7. The van der Waals surface area contributed by atoms with E-state index in [1.54, 1.807) is 19.1 Å². The highest BCUT2D eigenvalue weighted by Gasteiger charge is 2.17. The normalized spacial score (nSPS) is 12.0. The lowest BCUT2D eigenvalue weighted by molar-refractivity contribution is -0.116. The number of nitrogens with one attached hydrogen (secondary N) is 1. The number of hydrogen-bond acceptors (Lipinski definition) is 1. The van der Waals surface area contributed by atoms with Crippen LogP contribution in [0.2, 0.25) is 0 Å². The SMILES string of the molecule is Cc1ccc(C(CC(=O)Nc2ccc(C)c(F)c2)n2cccc2)cc1. The average molecular weight is 336 g/mol. The van der Waals surface area contributed by atoms with E-state index < -0.39 is 0 Å². The summed E-state index contributed by atoms with van der Waals surface area (Å²) in [4.78, 5) is 12.5. The zero-order valence-corrected chi connectivity index (χ0v) is 14.4. The first kappa shape index (κ1) is 17.0. The van der Waals surface area contributed by atoms with E-state index in [2.05, 4.69) is 5.32 Å². The molecule has 1 heterocycles. The molecule has 1 atom stereocenters. The fourth-order valence-corrected chi connectivity index (χ4v) is 2.80. The lowest BCUT2D eigenvalue weighted by atomic mass is 10.0. The summed E-state index contributed by atoms with van der Waals surface area (Å²) in [5.41, 5.74) is 3.27. The summed E-state index contributed by atoms with van der Waals surface area (Å²) in [6.07, 6.45) is 4.17. The number of aromatic nitrogens is 1. The highest BCUT2D eigenvalue weighted by atomic mass is 19.1. The Hall–Kier alpha value is -2.88. The van der Waals surface area contributed by atoms with Gasteiger partial charge in [0.15, 0.2) is 0 Å². The molecule has 4 heteroatoms. The third-order valence-electron chi connectivity index (χ3n) is 4.28. The summed E-state index contributed by atoms with van der Waals surface area (Å²) in [6.45, 7) is 3.73. The molecule has 0 saturated carbocycles. The maximum absolute atomic E-state index is 13.7. The number of hydrogen-bond donors (Lipinski definition) is 1. The predicted molar refractivity (Wildman–Crippen MR) is 98.1 cm³/mol. The average Bonchev–Trinajstić information content (AvgIpc) is 3.11. The second kappa shape index (κ2) is 7.34. The zero-order valence-electron chi connectivity index (χ0n) is 14.4. The van der Waals surface area contributed by atoms with Crippen molar-refractivity contribution in [3.63, 3.8) is 0 Å². The van der Waals surface area contributed by atoms with Gasteiger partial charge in [-0.2, -0.15) is 0 Å². The van der Waals surface area contributed by atoms with Gasteiger partial charge in [0.1, 0.15) is 5.82 Å². The van der Waals surface area contributed by atoms with Crippen LogP contribution in [-0.2, 0) is 4.79 Å². The van der Waals surface area contributed by atoms with Crippen molar-refractivity contribution in [2.24, 2.45) is 0 Å². The Bertz CT molecular complexity index is 854. The van der Waals surface area contributed by atoms with E-state index in [0.717, 1.165) is 5.56 Å². The Kier molecular flexibility index (Phi) is 4.98. The van der Waals surface area contributed by atoms with Crippen LogP contribution in [-0.4, -0.2) is 10.5 Å². The van der Waals surface area contributed by atoms with Crippen molar-refractivity contribution in [1.82, 2.24) is 4.57 Å². The molecule has 0 aliphatic carbocycles. The molecule has 1 unspecified atom stereocenters. The van der Waals surface area contributed by atoms with Crippen LogP contribution >= 0.6 is 0 Å². The first-order valence-corrected chi connectivity index (χ1v) is 8.28. The Morgan fingerprint density at radius 3 is 2.40 bits per heavy atom. The van der Waals surface area contributed by atoms with Gasteiger partial charge in [0.25, 0.3) is 0 Å². The van der Waals surface area contributed by atoms with Gasteiger partial charge in [0, 0.05) is 18.1 Å². The Labute approximate surface area is 147 Å². The summed E-state index contributed by atoms with van der Waals surface area (Å²) in [6, 6.07) is 16.7. The minimum Gasteiger partial charge on any atom is -0.346 e. The molecule has 3 nitrogen and oxygen atoms in total. The molecule has 1 N–H and O–H groups in total. The standard InChI is InChI=1S/C21H21FN2O/c1-15-5-8-17(9-6-15)20(24-11-3-4-12-24)14-21(25)23-18-10-7-16(2)19(22)13-18/h3-13,20H,14H2,1-2H3,(H,23,25). The van der Waals surface area contributed by atoms with E-state index in [1.807, 2.05) is 60.3 Å². The fraction of sp³-hybridized carbons (Fsp3) is 0.190. The third kappa shape index (κ3) is 4.15. The summed E-state index contributed by atoms with van der Waals surface area (Å²) in [7, 11) is 0. The number of amides is 1. The van der Waals surface area contributed by atoms with E-state index >= 15 is 0 Å². The predicted octanol–water partition coefficient (Wildman–Crippen LogP) is 4.86. The minimum atomic E-state index is -0.321. The molecular weight excluding hydrogens is 315 g/mol. The first-order valence-electron chi connectivity index (χ1n) is 8.28. The largest absolute Gasteiger partial charge is 0.346 e. The molecule has 128 valence electrons. The Morgan fingerprint density at radius 1 is 1.08 bits per heavy atom. The van der Waals surface area contributed by atoms with Crippen LogP contribution in [0.4, 0.5) is 10.1 Å². The van der Waals surface area contributed by atoms with Crippen molar-refractivity contribution in [2.45, 2.75) is 26.3 Å². The van der Waals surface area contributed by atoms with Crippen LogP contribution in [0.5, 0.6) is 0 Å². The van der Waals surface area contributed by atoms with Gasteiger partial charge < -0.3 is 9.88 Å². The summed E-state index contributed by atoms with van der Waals surface area (Å²) in [5, 5.41) is 2.79. The summed E-state index contributed by atoms with van der Waals surface area (Å²) in [5.74, 6) is -0.471. The molecule has 3 rings (SSSR count). The van der Waals surface area contributed by atoms with Crippen molar-refractivity contribution in [3.05, 3.63) is 89.5 Å². The monoisotopic (exact) mass is 336 g/mol. The smallest absolute Gasteiger partial charge is 0.226 e. The van der Waals surface area contributed by atoms with Gasteiger partial charge in [-0.15, -0.1) is 0 Å². The molecule has 25 heavy (non-hydrogen) atoms. The van der Waals surface area contributed by atoms with Crippen LogP contribution in [0, 0.1) is 19.7 Å². The van der Waals surface area contributed by atoms with Crippen molar-refractivity contribution >= 4 is 11.6 Å². The number of aryl methyl sites for hydroxylation is 2. The number of carbonyl (C=O) groups is 1. The quantitative estimate of drug-likeness (QED) is 0.709. The molecule has 1 aromatic heterocycles. The van der Waals surface area contributed by atoms with Gasteiger partial charge in [-0.1, -0.05) is 35.9 Å². The van der Waals surface area contributed by atoms with E-state index in [0.29, 0.717) is 11.3 Å². The molecule has 0 aliphatic heterocycles. The van der Waals surface area contributed by atoms with Gasteiger partial charge in [-0.25, -0.2) is 4.39 Å². The minimum absolute atomic E-state index is 0.106. The molecule has 0 radical (unpaired) electrons. The number of halogens is 1. The van der Waals surface area contributed by atoms with Gasteiger partial charge in [0.05, 0.1) is 12.5 Å². The highest BCUT2D eigenvalue weighted by molar-refractivity contribution is 5.91. The van der Waals surface area contributed by atoms with Gasteiger partial charge in [-0.05, 0) is 49.2 Å². The summed E-state index contributed by atoms with van der Waals surface area (Å²) < 4.78 is 15.7. The fourth-order valence-electron chi connectivity index (χ4n) is 2.80. The first-order chi connectivity index (χ1) is 12.0. The second-order valence-electron chi connectivity index (χ2n) is 6.27. The van der Waals surface area contributed by atoms with Crippen LogP contribution < -0.4 is 5.32 Å². The van der Waals surface area contributed by atoms with Crippen LogP contribution in [0.3, 0.4) is 0 Å². The number of rotatable bonds is 5. The molecule has 3 aromatic rings. The molecule has 0 fully saturated rings. The second-order valence-corrected chi connectivity index (χ2v) is 6.27. The molecule has 0 saturated heterocycles. The molecule has 0 spiro atoms. The van der Waals surface area contributed by atoms with Crippen molar-refractivity contribution in [3.8, 4) is 0 Å². The van der Waals surface area contributed by atoms with Crippen molar-refractivity contribution in [1.29, 1.82) is 0 Å². The van der Waals surface area contributed by atoms with Crippen LogP contribution in [0.25, 0.3) is 0 Å². The van der Waals surface area contributed by atoms with Crippen LogP contribution in [0.1, 0.15) is 29.2 Å². The molecule has 0 bridgehead atoms. The molecule has 2 aromatic carbocycles. The topological polar surface area (TPSA) is 34.0 Å². The van der Waals surface area contributed by atoms with E-state index in [9.17, 15) is 9.18 Å². The van der Waals surface area contributed by atoms with E-state index in [1.165, 1.54) is 11.6 Å². The number of carbonyl (C=O) groups excluding carboxylic acids is 1. The highest BCUT2D eigenvalue weighted by Crippen LogP contribution is 2.24. The van der Waals surface area contributed by atoms with E-state index in [4.69, 9.17) is 0 Å². The zero-order chi connectivity index (χ0) is 17.8. The lowest BCUT2D eigenvalue weighted by Crippen LogP contribution is -2.19. The summed E-state index contributed by atoms with van der Waals surface area (Å²) >= 11 is 0. The Morgan fingerprint density at radius 2 is 1.76 bits per heavy atom. The maximum Gasteiger partial charge on any atom is 0.226 e. The number of benzene rings is 2. The molecule has 0 aliphatic rings. The van der Waals surface area contributed by atoms with Crippen LogP contribution in [0.15, 0.2) is 67.0 Å². The Balaban J connectivity index is 1.79. The van der Waals surface area contributed by atoms with Crippen molar-refractivity contribution < 1.29 is 9.18 Å². The number of nitrogens with zero attached hydrogens (tertiary/aromatic N) is 1. The van der Waals surface area contributed by atoms with Gasteiger partial charge in [0.2, 0.25) is 5.91 Å². The van der Waals surface area contributed by atoms with Gasteiger partial charge >= 0.3 is 0 Å². The van der Waals surface area contributed by atoms with E-state index in [-0.39, 0.29) is 24.2 Å². The lowest BCUT2D eigenvalue weighted by Gasteiger charge is -2.19. The number of anilines is 1. The molecular formula is C21H21FN2O. The van der Waals surface area contributed by atoms with Gasteiger partial charge in [-0.3, -0.25) is 4.79 Å². The third-order valence-corrected chi connectivity index (χ3v) is 4.28.